The summed E-state index contributed by atoms with van der Waals surface area (Å²) in [4.78, 5) is 16.7. The van der Waals surface area contributed by atoms with E-state index < -0.39 is 5.82 Å². The van der Waals surface area contributed by atoms with Gasteiger partial charge < -0.3 is 15.5 Å². The smallest absolute Gasteiger partial charge is 0.257 e. The van der Waals surface area contributed by atoms with Crippen LogP contribution in [0.4, 0.5) is 25.8 Å². The third-order valence-corrected chi connectivity index (χ3v) is 5.96. The fourth-order valence-electron chi connectivity index (χ4n) is 3.98. The maximum absolute atomic E-state index is 14.8. The molecule has 1 saturated heterocycles. The molecule has 2 aromatic rings. The Morgan fingerprint density at radius 1 is 1.13 bits per heavy atom. The highest BCUT2D eigenvalue weighted by Crippen LogP contribution is 2.32. The molecule has 30 heavy (non-hydrogen) atoms. The first-order valence-electron chi connectivity index (χ1n) is 10.3. The van der Waals surface area contributed by atoms with Gasteiger partial charge >= 0.3 is 0 Å². The topological polar surface area (TPSA) is 47.6 Å². The van der Waals surface area contributed by atoms with E-state index in [0.29, 0.717) is 34.2 Å². The molecule has 2 N–H and O–H groups in total. The van der Waals surface area contributed by atoms with Crippen LogP contribution in [-0.2, 0) is 4.79 Å². The lowest BCUT2D eigenvalue weighted by Gasteiger charge is -2.39. The van der Waals surface area contributed by atoms with Crippen LogP contribution in [0.15, 0.2) is 42.6 Å². The minimum Gasteiger partial charge on any atom is -0.367 e. The molecule has 7 heteroatoms. The van der Waals surface area contributed by atoms with Crippen LogP contribution in [-0.4, -0.2) is 43.0 Å². The van der Waals surface area contributed by atoms with Gasteiger partial charge in [-0.05, 0) is 49.7 Å². The van der Waals surface area contributed by atoms with Crippen molar-refractivity contribution >= 4 is 28.5 Å². The van der Waals surface area contributed by atoms with Gasteiger partial charge in [-0.3, -0.25) is 9.69 Å². The van der Waals surface area contributed by atoms with Crippen molar-refractivity contribution in [3.8, 4) is 0 Å². The Bertz CT molecular complexity index is 983. The van der Waals surface area contributed by atoms with Crippen LogP contribution in [0.2, 0.25) is 0 Å². The summed E-state index contributed by atoms with van der Waals surface area (Å²) in [6.45, 7) is 7.86. The van der Waals surface area contributed by atoms with Gasteiger partial charge in [0.05, 0.1) is 16.9 Å². The number of rotatable bonds is 5. The van der Waals surface area contributed by atoms with Crippen molar-refractivity contribution in [1.29, 1.82) is 0 Å². The maximum Gasteiger partial charge on any atom is 0.257 e. The van der Waals surface area contributed by atoms with Gasteiger partial charge in [-0.1, -0.05) is 6.92 Å². The zero-order valence-corrected chi connectivity index (χ0v) is 17.2. The molecule has 2 aliphatic rings. The normalized spacial score (nSPS) is 19.0. The quantitative estimate of drug-likeness (QED) is 0.720. The Morgan fingerprint density at radius 3 is 2.60 bits per heavy atom. The molecule has 1 fully saturated rings. The molecular formula is C23H26F2N4O. The van der Waals surface area contributed by atoms with E-state index >= 15 is 0 Å². The van der Waals surface area contributed by atoms with Crippen LogP contribution < -0.4 is 15.5 Å². The molecule has 158 valence electrons. The van der Waals surface area contributed by atoms with Crippen LogP contribution >= 0.6 is 0 Å². The second kappa shape index (κ2) is 8.44. The van der Waals surface area contributed by atoms with E-state index in [2.05, 4.69) is 34.3 Å². The highest BCUT2D eigenvalue weighted by molar-refractivity contribution is 6.31. The summed E-state index contributed by atoms with van der Waals surface area (Å²) < 4.78 is 28.1. The molecule has 2 heterocycles. The number of benzene rings is 2. The lowest BCUT2D eigenvalue weighted by atomic mass is 10.1. The molecule has 0 bridgehead atoms. The average molecular weight is 412 g/mol. The van der Waals surface area contributed by atoms with Gasteiger partial charge in [0, 0.05) is 49.7 Å². The van der Waals surface area contributed by atoms with Crippen molar-refractivity contribution in [2.75, 3.05) is 41.7 Å². The van der Waals surface area contributed by atoms with Crippen molar-refractivity contribution in [3.63, 3.8) is 0 Å². The first kappa shape index (κ1) is 20.3. The minimum absolute atomic E-state index is 0.297. The van der Waals surface area contributed by atoms with Crippen molar-refractivity contribution in [2.45, 2.75) is 26.3 Å². The molecule has 4 rings (SSSR count). The Labute approximate surface area is 175 Å². The van der Waals surface area contributed by atoms with Gasteiger partial charge in [-0.2, -0.15) is 0 Å². The van der Waals surface area contributed by atoms with Crippen molar-refractivity contribution in [3.05, 3.63) is 59.8 Å². The van der Waals surface area contributed by atoms with E-state index in [-0.39, 0.29) is 11.7 Å². The van der Waals surface area contributed by atoms with Crippen LogP contribution in [0.3, 0.4) is 0 Å². The van der Waals surface area contributed by atoms with Crippen LogP contribution in [0.5, 0.6) is 0 Å². The summed E-state index contributed by atoms with van der Waals surface area (Å²) in [5, 5.41) is 5.62. The number of anilines is 3. The van der Waals surface area contributed by atoms with E-state index in [1.54, 1.807) is 18.2 Å². The highest BCUT2D eigenvalue weighted by Gasteiger charge is 2.25. The van der Waals surface area contributed by atoms with Crippen molar-refractivity contribution in [1.82, 2.24) is 4.90 Å². The summed E-state index contributed by atoms with van der Waals surface area (Å²) in [5.74, 6) is -1.03. The van der Waals surface area contributed by atoms with E-state index in [4.69, 9.17) is 0 Å². The number of nitrogens with zero attached hydrogens (tertiary/aromatic N) is 2. The van der Waals surface area contributed by atoms with Gasteiger partial charge in [0.15, 0.2) is 0 Å². The summed E-state index contributed by atoms with van der Waals surface area (Å²) in [6.07, 6.45) is 2.64. The number of nitrogens with one attached hydrogen (secondary N) is 2. The molecule has 0 spiro atoms. The minimum atomic E-state index is -0.411. The third-order valence-electron chi connectivity index (χ3n) is 5.96. The molecule has 0 saturated carbocycles. The number of carbonyl (C=O) groups is 1. The molecule has 0 aliphatic carbocycles. The van der Waals surface area contributed by atoms with Gasteiger partial charge in [-0.15, -0.1) is 0 Å². The molecule has 0 radical (unpaired) electrons. The largest absolute Gasteiger partial charge is 0.367 e. The standard InChI is InChI=1S/C23H26F2N4O/c1-3-15(2)28-8-10-29(11-9-28)22-7-5-17(13-20(22)25)26-14-19-18-6-4-16(24)12-21(18)27-23(19)30/h4-7,12-15,26H,3,8-11H2,1-2H3,(H,27,30). The predicted molar refractivity (Wildman–Crippen MR) is 117 cm³/mol. The molecule has 0 aromatic heterocycles. The number of piperazine rings is 1. The number of amides is 1. The summed E-state index contributed by atoms with van der Waals surface area (Å²) in [7, 11) is 0. The maximum atomic E-state index is 14.8. The molecule has 2 aliphatic heterocycles. The zero-order valence-electron chi connectivity index (χ0n) is 17.2. The number of carbonyl (C=O) groups excluding carboxylic acids is 1. The van der Waals surface area contributed by atoms with E-state index in [0.717, 1.165) is 32.6 Å². The number of fused-ring (bicyclic) bond motifs is 1. The van der Waals surface area contributed by atoms with E-state index in [9.17, 15) is 13.6 Å². The molecule has 1 atom stereocenters. The average Bonchev–Trinajstić information content (AvgIpc) is 3.05. The molecule has 1 unspecified atom stereocenters. The monoisotopic (exact) mass is 412 g/mol. The van der Waals surface area contributed by atoms with Crippen molar-refractivity contribution in [2.24, 2.45) is 0 Å². The van der Waals surface area contributed by atoms with Gasteiger partial charge in [-0.25, -0.2) is 8.78 Å². The molecule has 5 nitrogen and oxygen atoms in total. The Morgan fingerprint density at radius 2 is 1.90 bits per heavy atom. The lowest BCUT2D eigenvalue weighted by Crippen LogP contribution is -2.49. The second-order valence-electron chi connectivity index (χ2n) is 7.79. The molecule has 1 amide bonds. The number of hydrogen-bond donors (Lipinski definition) is 2. The van der Waals surface area contributed by atoms with Gasteiger partial charge in [0.1, 0.15) is 11.6 Å². The first-order valence-corrected chi connectivity index (χ1v) is 10.3. The van der Waals surface area contributed by atoms with Crippen LogP contribution in [0, 0.1) is 11.6 Å². The Balaban J connectivity index is 1.45. The molecule has 2 aromatic carbocycles. The van der Waals surface area contributed by atoms with E-state index in [1.165, 1.54) is 24.4 Å². The zero-order chi connectivity index (χ0) is 21.3. The van der Waals surface area contributed by atoms with Crippen LogP contribution in [0.1, 0.15) is 25.8 Å². The Hall–Kier alpha value is -2.93. The third kappa shape index (κ3) is 4.03. The van der Waals surface area contributed by atoms with Crippen LogP contribution in [0.25, 0.3) is 5.57 Å². The molecular weight excluding hydrogens is 386 g/mol. The number of hydrogen-bond acceptors (Lipinski definition) is 4. The summed E-state index contributed by atoms with van der Waals surface area (Å²) in [6, 6.07) is 9.70. The Kier molecular flexibility index (Phi) is 5.72. The SMILES string of the molecule is CCC(C)N1CCN(c2ccc(NC=C3C(=O)Nc4cc(F)ccc43)cc2F)CC1. The van der Waals surface area contributed by atoms with Crippen molar-refractivity contribution < 1.29 is 13.6 Å². The fourth-order valence-corrected chi connectivity index (χ4v) is 3.98. The first-order chi connectivity index (χ1) is 14.5. The van der Waals surface area contributed by atoms with Gasteiger partial charge in [0.25, 0.3) is 5.91 Å². The van der Waals surface area contributed by atoms with Gasteiger partial charge in [0.2, 0.25) is 0 Å². The predicted octanol–water partition coefficient (Wildman–Crippen LogP) is 4.29. The fraction of sp³-hybridized carbons (Fsp3) is 0.348. The second-order valence-corrected chi connectivity index (χ2v) is 7.79. The van der Waals surface area contributed by atoms with E-state index in [1.807, 2.05) is 0 Å². The number of halogens is 2. The summed E-state index contributed by atoms with van der Waals surface area (Å²) >= 11 is 0. The summed E-state index contributed by atoms with van der Waals surface area (Å²) in [5.41, 5.74) is 2.58. The lowest BCUT2D eigenvalue weighted by molar-refractivity contribution is -0.110. The highest BCUT2D eigenvalue weighted by atomic mass is 19.1.